The molecule has 0 aliphatic carbocycles. The van der Waals surface area contributed by atoms with Gasteiger partial charge in [0.2, 0.25) is 0 Å². The maximum absolute atomic E-state index is 9.09. The molecule has 0 saturated heterocycles. The van der Waals surface area contributed by atoms with E-state index >= 15 is 0 Å². The summed E-state index contributed by atoms with van der Waals surface area (Å²) in [7, 11) is -2.26. The molecule has 0 rings (SSSR count). The minimum atomic E-state index is -1.22. The highest BCUT2D eigenvalue weighted by Gasteiger charge is 2.21. The van der Waals surface area contributed by atoms with Crippen molar-refractivity contribution < 1.29 is 4.80 Å². The first-order chi connectivity index (χ1) is 2.94. The highest BCUT2D eigenvalue weighted by atomic mass is 29.2. The van der Waals surface area contributed by atoms with Crippen LogP contribution in [0, 0.1) is 0 Å². The van der Waals surface area contributed by atoms with Gasteiger partial charge in [0.15, 0.2) is 8.56 Å². The van der Waals surface area contributed by atoms with Crippen LogP contribution in [0.2, 0.25) is 26.2 Å². The molecule has 1 atom stereocenters. The van der Waals surface area contributed by atoms with Crippen molar-refractivity contribution in [1.82, 2.24) is 0 Å². The van der Waals surface area contributed by atoms with Crippen molar-refractivity contribution in [1.29, 1.82) is 0 Å². The number of hydrogen-bond acceptors (Lipinski definition) is 1. The maximum Gasteiger partial charge on any atom is 0.157 e. The number of hydrogen-bond donors (Lipinski definition) is 1. The van der Waals surface area contributed by atoms with E-state index in [1.807, 2.05) is 6.55 Å². The Morgan fingerprint density at radius 2 is 1.43 bits per heavy atom. The second-order valence-corrected chi connectivity index (χ2v) is 16.8. The van der Waals surface area contributed by atoms with E-state index in [0.717, 1.165) is 0 Å². The average Bonchev–Trinajstić information content (AvgIpc) is 1.31. The van der Waals surface area contributed by atoms with Crippen LogP contribution in [0.5, 0.6) is 0 Å². The Kier molecular flexibility index (Phi) is 2.23. The molecule has 0 heterocycles. The van der Waals surface area contributed by atoms with Gasteiger partial charge in [-0.3, -0.25) is 0 Å². The first-order valence-corrected chi connectivity index (χ1v) is 9.60. The van der Waals surface area contributed by atoms with E-state index in [1.54, 1.807) is 0 Å². The lowest BCUT2D eigenvalue weighted by Gasteiger charge is -2.16. The predicted molar refractivity (Wildman–Crippen MR) is 38.6 cm³/mol. The van der Waals surface area contributed by atoms with Crippen LogP contribution in [0.15, 0.2) is 0 Å². The van der Waals surface area contributed by atoms with Gasteiger partial charge >= 0.3 is 0 Å². The zero-order chi connectivity index (χ0) is 6.08. The molecule has 1 N–H and O–H groups in total. The largest absolute Gasteiger partial charge is 0.438 e. The molecule has 0 aromatic carbocycles. The molecule has 0 radical (unpaired) electrons. The summed E-state index contributed by atoms with van der Waals surface area (Å²) in [6.45, 7) is 8.64. The van der Waals surface area contributed by atoms with E-state index in [2.05, 4.69) is 19.6 Å². The number of rotatable bonds is 1. The van der Waals surface area contributed by atoms with Gasteiger partial charge in [0.05, 0.1) is 7.59 Å². The lowest BCUT2D eigenvalue weighted by molar-refractivity contribution is 0.597. The van der Waals surface area contributed by atoms with Crippen LogP contribution in [0.25, 0.3) is 0 Å². The zero-order valence-electron chi connectivity index (χ0n) is 5.52. The standard InChI is InChI=1S/C4H14OSi2/c1-6(5)7(2,3)4/h5-6H,1-4H3. The third-order valence-electron chi connectivity index (χ3n) is 1.25. The molecular weight excluding hydrogens is 120 g/mol. The maximum atomic E-state index is 9.09. The molecule has 0 spiro atoms. The quantitative estimate of drug-likeness (QED) is 0.525. The van der Waals surface area contributed by atoms with Gasteiger partial charge in [-0.25, -0.2) is 0 Å². The monoisotopic (exact) mass is 134 g/mol. The zero-order valence-corrected chi connectivity index (χ0v) is 7.68. The molecule has 1 nitrogen and oxygen atoms in total. The summed E-state index contributed by atoms with van der Waals surface area (Å²) in [6, 6.07) is 0. The van der Waals surface area contributed by atoms with Crippen molar-refractivity contribution >= 4 is 16.1 Å². The van der Waals surface area contributed by atoms with Crippen LogP contribution >= 0.6 is 0 Å². The smallest absolute Gasteiger partial charge is 0.157 e. The van der Waals surface area contributed by atoms with Crippen LogP contribution in [-0.2, 0) is 0 Å². The summed E-state index contributed by atoms with van der Waals surface area (Å²) in [6.07, 6.45) is 0. The van der Waals surface area contributed by atoms with Crippen LogP contribution in [-0.4, -0.2) is 20.9 Å². The first-order valence-electron chi connectivity index (χ1n) is 2.62. The molecule has 7 heavy (non-hydrogen) atoms. The van der Waals surface area contributed by atoms with Crippen molar-refractivity contribution in [3.05, 3.63) is 0 Å². The summed E-state index contributed by atoms with van der Waals surface area (Å²) < 4.78 is 0. The van der Waals surface area contributed by atoms with Crippen molar-refractivity contribution in [3.8, 4) is 0 Å². The third kappa shape index (κ3) is 3.02. The van der Waals surface area contributed by atoms with Crippen LogP contribution < -0.4 is 0 Å². The average molecular weight is 134 g/mol. The second-order valence-electron chi connectivity index (χ2n) is 3.04. The van der Waals surface area contributed by atoms with Gasteiger partial charge < -0.3 is 4.80 Å². The Hall–Kier alpha value is 0.394. The Balaban J connectivity index is 3.54. The molecule has 0 aromatic heterocycles. The van der Waals surface area contributed by atoms with Crippen molar-refractivity contribution in [2.75, 3.05) is 0 Å². The van der Waals surface area contributed by atoms with E-state index in [4.69, 9.17) is 4.80 Å². The molecule has 0 aliphatic heterocycles. The van der Waals surface area contributed by atoms with E-state index in [1.165, 1.54) is 0 Å². The fourth-order valence-electron chi connectivity index (χ4n) is 0. The van der Waals surface area contributed by atoms with Crippen LogP contribution in [0.3, 0.4) is 0 Å². The molecule has 0 aromatic rings. The van der Waals surface area contributed by atoms with E-state index in [0.29, 0.717) is 0 Å². The molecule has 0 fully saturated rings. The lowest BCUT2D eigenvalue weighted by Crippen LogP contribution is -2.39. The van der Waals surface area contributed by atoms with Gasteiger partial charge in [-0.2, -0.15) is 0 Å². The molecular formula is C4H14OSi2. The lowest BCUT2D eigenvalue weighted by atomic mass is 11.8. The van der Waals surface area contributed by atoms with Crippen LogP contribution in [0.4, 0.5) is 0 Å². The topological polar surface area (TPSA) is 20.2 Å². The second kappa shape index (κ2) is 2.11. The Bertz CT molecular complexity index is 55.2. The van der Waals surface area contributed by atoms with Gasteiger partial charge in [0.25, 0.3) is 0 Å². The van der Waals surface area contributed by atoms with E-state index in [-0.39, 0.29) is 0 Å². The summed E-state index contributed by atoms with van der Waals surface area (Å²) in [4.78, 5) is 9.09. The minimum Gasteiger partial charge on any atom is -0.438 e. The van der Waals surface area contributed by atoms with E-state index in [9.17, 15) is 0 Å². The van der Waals surface area contributed by atoms with Gasteiger partial charge in [-0.1, -0.05) is 26.2 Å². The predicted octanol–water partition coefficient (Wildman–Crippen LogP) is 0.749. The summed E-state index contributed by atoms with van der Waals surface area (Å²) in [5.74, 6) is 0. The van der Waals surface area contributed by atoms with Crippen LogP contribution in [0.1, 0.15) is 0 Å². The van der Waals surface area contributed by atoms with Gasteiger partial charge in [0.1, 0.15) is 0 Å². The van der Waals surface area contributed by atoms with Crippen molar-refractivity contribution in [2.24, 2.45) is 0 Å². The highest BCUT2D eigenvalue weighted by molar-refractivity contribution is 7.28. The van der Waals surface area contributed by atoms with Gasteiger partial charge in [-0.15, -0.1) is 0 Å². The fraction of sp³-hybridized carbons (Fsp3) is 1.00. The first kappa shape index (κ1) is 7.39. The molecule has 0 bridgehead atoms. The van der Waals surface area contributed by atoms with Crippen molar-refractivity contribution in [3.63, 3.8) is 0 Å². The van der Waals surface area contributed by atoms with Crippen molar-refractivity contribution in [2.45, 2.75) is 26.2 Å². The van der Waals surface area contributed by atoms with Gasteiger partial charge in [0, 0.05) is 0 Å². The molecule has 44 valence electrons. The molecule has 0 aliphatic rings. The fourth-order valence-corrected chi connectivity index (χ4v) is 0. The summed E-state index contributed by atoms with van der Waals surface area (Å²) in [5, 5.41) is 0. The van der Waals surface area contributed by atoms with Gasteiger partial charge in [-0.05, 0) is 0 Å². The summed E-state index contributed by atoms with van der Waals surface area (Å²) in [5.41, 5.74) is 0. The Morgan fingerprint density at radius 3 is 1.43 bits per heavy atom. The summed E-state index contributed by atoms with van der Waals surface area (Å²) >= 11 is 0. The SMILES string of the molecule is C[SiH](O)[Si](C)(C)C. The Morgan fingerprint density at radius 1 is 1.29 bits per heavy atom. The van der Waals surface area contributed by atoms with E-state index < -0.39 is 16.1 Å². The normalized spacial score (nSPS) is 16.7. The Labute approximate surface area is 47.9 Å². The minimum absolute atomic E-state index is 1.04. The molecule has 0 amide bonds. The third-order valence-corrected chi connectivity index (χ3v) is 11.3. The molecule has 1 unspecified atom stereocenters. The molecule has 0 saturated carbocycles. The highest BCUT2D eigenvalue weighted by Crippen LogP contribution is 2.01. The molecule has 3 heteroatoms.